The van der Waals surface area contributed by atoms with Crippen LogP contribution in [0.2, 0.25) is 0 Å². The topological polar surface area (TPSA) is 66.6 Å². The summed E-state index contributed by atoms with van der Waals surface area (Å²) in [6.45, 7) is 4.46. The Kier molecular flexibility index (Phi) is 6.12. The average Bonchev–Trinajstić information content (AvgIpc) is 2.50. The first-order valence-electron chi connectivity index (χ1n) is 6.76. The molecule has 1 fully saturated rings. The van der Waals surface area contributed by atoms with E-state index in [1.807, 2.05) is 0 Å². The quantitative estimate of drug-likeness (QED) is 0.775. The van der Waals surface area contributed by atoms with Crippen LogP contribution < -0.4 is 5.73 Å². The van der Waals surface area contributed by atoms with Gasteiger partial charge >= 0.3 is 0 Å². The summed E-state index contributed by atoms with van der Waals surface area (Å²) in [6, 6.07) is 0. The summed E-state index contributed by atoms with van der Waals surface area (Å²) in [5, 5.41) is 0. The SMILES string of the molecule is CC(CCN)CCC(=O)N1CCCN(C)C(=O)C1. The monoisotopic (exact) mass is 255 g/mol. The van der Waals surface area contributed by atoms with Crippen molar-refractivity contribution in [2.75, 3.05) is 33.2 Å². The molecule has 2 amide bonds. The lowest BCUT2D eigenvalue weighted by molar-refractivity contribution is -0.138. The van der Waals surface area contributed by atoms with Crippen LogP contribution in [-0.2, 0) is 9.59 Å². The molecular formula is C13H25N3O2. The van der Waals surface area contributed by atoms with Crippen LogP contribution in [0.3, 0.4) is 0 Å². The van der Waals surface area contributed by atoms with Gasteiger partial charge in [0.25, 0.3) is 0 Å². The minimum Gasteiger partial charge on any atom is -0.344 e. The summed E-state index contributed by atoms with van der Waals surface area (Å²) in [5.41, 5.74) is 5.49. The Balaban J connectivity index is 2.39. The number of likely N-dealkylation sites (N-methyl/N-ethyl adjacent to an activating group) is 1. The minimum atomic E-state index is 0.0378. The smallest absolute Gasteiger partial charge is 0.241 e. The molecule has 2 N–H and O–H groups in total. The zero-order valence-electron chi connectivity index (χ0n) is 11.5. The summed E-state index contributed by atoms with van der Waals surface area (Å²) < 4.78 is 0. The Morgan fingerprint density at radius 2 is 2.11 bits per heavy atom. The number of nitrogens with two attached hydrogens (primary N) is 1. The van der Waals surface area contributed by atoms with Crippen molar-refractivity contribution in [1.82, 2.24) is 9.80 Å². The fourth-order valence-corrected chi connectivity index (χ4v) is 2.16. The molecule has 1 aliphatic heterocycles. The van der Waals surface area contributed by atoms with Crippen LogP contribution in [0.5, 0.6) is 0 Å². The van der Waals surface area contributed by atoms with Gasteiger partial charge in [0.1, 0.15) is 0 Å². The van der Waals surface area contributed by atoms with Gasteiger partial charge < -0.3 is 15.5 Å². The summed E-state index contributed by atoms with van der Waals surface area (Å²) in [7, 11) is 1.79. The molecule has 0 saturated carbocycles. The molecule has 1 saturated heterocycles. The number of hydrogen-bond acceptors (Lipinski definition) is 3. The first-order chi connectivity index (χ1) is 8.54. The van der Waals surface area contributed by atoms with Crippen LogP contribution in [0.15, 0.2) is 0 Å². The molecule has 0 aliphatic carbocycles. The molecule has 0 spiro atoms. The number of carbonyl (C=O) groups excluding carboxylic acids is 2. The zero-order chi connectivity index (χ0) is 13.5. The van der Waals surface area contributed by atoms with Crippen LogP contribution in [0, 0.1) is 5.92 Å². The highest BCUT2D eigenvalue weighted by molar-refractivity contribution is 5.85. The lowest BCUT2D eigenvalue weighted by Gasteiger charge is -2.20. The second-order valence-corrected chi connectivity index (χ2v) is 5.21. The number of amides is 2. The summed E-state index contributed by atoms with van der Waals surface area (Å²) in [5.74, 6) is 0.614. The van der Waals surface area contributed by atoms with E-state index in [-0.39, 0.29) is 18.4 Å². The van der Waals surface area contributed by atoms with E-state index < -0.39 is 0 Å². The Bertz CT molecular complexity index is 294. The van der Waals surface area contributed by atoms with Crippen LogP contribution in [0.25, 0.3) is 0 Å². The van der Waals surface area contributed by atoms with Gasteiger partial charge in [-0.1, -0.05) is 6.92 Å². The van der Waals surface area contributed by atoms with E-state index in [1.54, 1.807) is 16.8 Å². The van der Waals surface area contributed by atoms with Gasteiger partial charge in [0.2, 0.25) is 11.8 Å². The number of carbonyl (C=O) groups is 2. The Labute approximate surface area is 109 Å². The van der Waals surface area contributed by atoms with Crippen molar-refractivity contribution in [2.24, 2.45) is 11.7 Å². The van der Waals surface area contributed by atoms with E-state index in [9.17, 15) is 9.59 Å². The molecule has 0 bridgehead atoms. The standard InChI is InChI=1S/C13H25N3O2/c1-11(6-7-14)4-5-12(17)16-9-3-8-15(2)13(18)10-16/h11H,3-10,14H2,1-2H3. The van der Waals surface area contributed by atoms with Gasteiger partial charge in [0, 0.05) is 26.6 Å². The van der Waals surface area contributed by atoms with E-state index >= 15 is 0 Å². The normalized spacial score (nSPS) is 18.7. The number of nitrogens with zero attached hydrogens (tertiary/aromatic N) is 2. The van der Waals surface area contributed by atoms with E-state index in [0.29, 0.717) is 25.4 Å². The molecule has 5 heteroatoms. The van der Waals surface area contributed by atoms with Crippen LogP contribution >= 0.6 is 0 Å². The van der Waals surface area contributed by atoms with Crippen LogP contribution in [-0.4, -0.2) is 54.8 Å². The highest BCUT2D eigenvalue weighted by Crippen LogP contribution is 2.12. The van der Waals surface area contributed by atoms with Crippen molar-refractivity contribution in [3.8, 4) is 0 Å². The van der Waals surface area contributed by atoms with Crippen LogP contribution in [0.1, 0.15) is 32.6 Å². The third kappa shape index (κ3) is 4.64. The van der Waals surface area contributed by atoms with Gasteiger partial charge in [0.15, 0.2) is 0 Å². The van der Waals surface area contributed by atoms with Crippen molar-refractivity contribution in [3.05, 3.63) is 0 Å². The predicted octanol–water partition coefficient (Wildman–Crippen LogP) is 0.442. The first kappa shape index (κ1) is 15.0. The van der Waals surface area contributed by atoms with Crippen molar-refractivity contribution in [3.63, 3.8) is 0 Å². The maximum absolute atomic E-state index is 12.0. The lowest BCUT2D eigenvalue weighted by atomic mass is 10.0. The van der Waals surface area contributed by atoms with Crippen molar-refractivity contribution >= 4 is 11.8 Å². The second-order valence-electron chi connectivity index (χ2n) is 5.21. The Hall–Kier alpha value is -1.10. The molecule has 18 heavy (non-hydrogen) atoms. The maximum atomic E-state index is 12.0. The summed E-state index contributed by atoms with van der Waals surface area (Å²) in [4.78, 5) is 27.1. The molecule has 104 valence electrons. The molecule has 1 atom stereocenters. The van der Waals surface area contributed by atoms with Gasteiger partial charge in [0.05, 0.1) is 6.54 Å². The highest BCUT2D eigenvalue weighted by atomic mass is 16.2. The third-order valence-electron chi connectivity index (χ3n) is 3.54. The molecule has 1 heterocycles. The van der Waals surface area contributed by atoms with Crippen molar-refractivity contribution in [1.29, 1.82) is 0 Å². The molecule has 0 aromatic heterocycles. The van der Waals surface area contributed by atoms with E-state index in [0.717, 1.165) is 25.8 Å². The van der Waals surface area contributed by atoms with Crippen LogP contribution in [0.4, 0.5) is 0 Å². The van der Waals surface area contributed by atoms with Crippen molar-refractivity contribution in [2.45, 2.75) is 32.6 Å². The Morgan fingerprint density at radius 1 is 1.39 bits per heavy atom. The summed E-state index contributed by atoms with van der Waals surface area (Å²) in [6.07, 6.45) is 3.20. The number of hydrogen-bond donors (Lipinski definition) is 1. The first-order valence-corrected chi connectivity index (χ1v) is 6.76. The van der Waals surface area contributed by atoms with Gasteiger partial charge in [-0.25, -0.2) is 0 Å². The summed E-state index contributed by atoms with van der Waals surface area (Å²) >= 11 is 0. The molecule has 1 rings (SSSR count). The zero-order valence-corrected chi connectivity index (χ0v) is 11.5. The maximum Gasteiger partial charge on any atom is 0.241 e. The lowest BCUT2D eigenvalue weighted by Crippen LogP contribution is -2.38. The molecule has 0 aromatic carbocycles. The molecule has 0 aromatic rings. The largest absolute Gasteiger partial charge is 0.344 e. The predicted molar refractivity (Wildman–Crippen MR) is 70.9 cm³/mol. The second kappa shape index (κ2) is 7.36. The van der Waals surface area contributed by atoms with Crippen molar-refractivity contribution < 1.29 is 9.59 Å². The molecule has 1 unspecified atom stereocenters. The van der Waals surface area contributed by atoms with E-state index in [1.165, 1.54) is 0 Å². The Morgan fingerprint density at radius 3 is 2.78 bits per heavy atom. The van der Waals surface area contributed by atoms with Gasteiger partial charge in [-0.2, -0.15) is 0 Å². The minimum absolute atomic E-state index is 0.0378. The molecule has 0 radical (unpaired) electrons. The molecular weight excluding hydrogens is 230 g/mol. The fourth-order valence-electron chi connectivity index (χ4n) is 2.16. The van der Waals surface area contributed by atoms with E-state index in [2.05, 4.69) is 6.92 Å². The number of rotatable bonds is 5. The van der Waals surface area contributed by atoms with E-state index in [4.69, 9.17) is 5.73 Å². The van der Waals surface area contributed by atoms with Gasteiger partial charge in [-0.3, -0.25) is 9.59 Å². The molecule has 1 aliphatic rings. The fraction of sp³-hybridized carbons (Fsp3) is 0.846. The van der Waals surface area contributed by atoms with Gasteiger partial charge in [-0.15, -0.1) is 0 Å². The molecule has 5 nitrogen and oxygen atoms in total. The van der Waals surface area contributed by atoms with Gasteiger partial charge in [-0.05, 0) is 31.7 Å². The highest BCUT2D eigenvalue weighted by Gasteiger charge is 2.22. The average molecular weight is 255 g/mol. The third-order valence-corrected chi connectivity index (χ3v) is 3.54.